The maximum atomic E-state index is 14.2. The van der Waals surface area contributed by atoms with Crippen LogP contribution in [0.1, 0.15) is 31.9 Å². The van der Waals surface area contributed by atoms with Gasteiger partial charge < -0.3 is 5.32 Å². The lowest BCUT2D eigenvalue weighted by atomic mass is 9.94. The number of benzene rings is 1. The van der Waals surface area contributed by atoms with Gasteiger partial charge in [-0.3, -0.25) is 4.90 Å². The van der Waals surface area contributed by atoms with Crippen molar-refractivity contribution in [1.29, 1.82) is 0 Å². The molecule has 2 nitrogen and oxygen atoms in total. The first-order chi connectivity index (χ1) is 9.08. The van der Waals surface area contributed by atoms with E-state index in [1.807, 2.05) is 12.1 Å². The van der Waals surface area contributed by atoms with Crippen LogP contribution in [-0.2, 0) is 0 Å². The summed E-state index contributed by atoms with van der Waals surface area (Å²) >= 11 is 2.26. The predicted molar refractivity (Wildman–Crippen MR) is 85.8 cm³/mol. The Bertz CT molecular complexity index is 417. The van der Waals surface area contributed by atoms with Gasteiger partial charge in [0.1, 0.15) is 5.82 Å². The molecule has 0 unspecified atom stereocenters. The number of piperazine rings is 1. The molecule has 0 amide bonds. The molecule has 1 aliphatic heterocycles. The van der Waals surface area contributed by atoms with Crippen LogP contribution in [0.25, 0.3) is 0 Å². The second-order valence-corrected chi connectivity index (χ2v) is 6.84. The van der Waals surface area contributed by atoms with Gasteiger partial charge in [-0.15, -0.1) is 0 Å². The molecule has 0 radical (unpaired) electrons. The van der Waals surface area contributed by atoms with E-state index in [0.717, 1.165) is 41.7 Å². The van der Waals surface area contributed by atoms with E-state index >= 15 is 0 Å². The van der Waals surface area contributed by atoms with Crippen molar-refractivity contribution in [1.82, 2.24) is 10.2 Å². The van der Waals surface area contributed by atoms with Crippen LogP contribution in [0.2, 0.25) is 0 Å². The van der Waals surface area contributed by atoms with Crippen LogP contribution in [0.5, 0.6) is 0 Å². The molecule has 4 heteroatoms. The molecule has 0 bridgehead atoms. The molecule has 0 saturated carbocycles. The number of nitrogens with zero attached hydrogens (tertiary/aromatic N) is 1. The molecule has 1 fully saturated rings. The molecule has 0 aromatic heterocycles. The summed E-state index contributed by atoms with van der Waals surface area (Å²) in [6.45, 7) is 8.42. The third-order valence-corrected chi connectivity index (χ3v) is 4.28. The van der Waals surface area contributed by atoms with E-state index in [1.54, 1.807) is 6.07 Å². The minimum Gasteiger partial charge on any atom is -0.314 e. The smallest absolute Gasteiger partial charge is 0.128 e. The number of nitrogens with one attached hydrogen (secondary N) is 1. The molecule has 19 heavy (non-hydrogen) atoms. The summed E-state index contributed by atoms with van der Waals surface area (Å²) in [7, 11) is 0. The Hall–Kier alpha value is -0.200. The van der Waals surface area contributed by atoms with E-state index in [2.05, 4.69) is 46.7 Å². The maximum absolute atomic E-state index is 14.2. The van der Waals surface area contributed by atoms with Crippen LogP contribution in [0.15, 0.2) is 18.2 Å². The van der Waals surface area contributed by atoms with Gasteiger partial charge in [0, 0.05) is 41.4 Å². The van der Waals surface area contributed by atoms with Gasteiger partial charge in [0.25, 0.3) is 0 Å². The van der Waals surface area contributed by atoms with E-state index in [1.165, 1.54) is 0 Å². The summed E-state index contributed by atoms with van der Waals surface area (Å²) < 4.78 is 15.3. The van der Waals surface area contributed by atoms with Crippen LogP contribution in [-0.4, -0.2) is 31.1 Å². The van der Waals surface area contributed by atoms with E-state index in [-0.39, 0.29) is 11.9 Å². The minimum atomic E-state index is -0.0652. The summed E-state index contributed by atoms with van der Waals surface area (Å²) in [4.78, 5) is 2.42. The zero-order valence-electron chi connectivity index (χ0n) is 11.6. The molecule has 1 heterocycles. The second kappa shape index (κ2) is 6.99. The molecule has 1 aromatic rings. The molecule has 0 spiro atoms. The largest absolute Gasteiger partial charge is 0.314 e. The normalized spacial score (nSPS) is 18.8. The fraction of sp³-hybridized carbons (Fsp3) is 0.600. The average molecular weight is 376 g/mol. The topological polar surface area (TPSA) is 15.3 Å². The number of hydrogen-bond acceptors (Lipinski definition) is 2. The first kappa shape index (κ1) is 15.2. The molecule has 1 N–H and O–H groups in total. The molecule has 1 atom stereocenters. The van der Waals surface area contributed by atoms with Gasteiger partial charge in [0.15, 0.2) is 0 Å². The van der Waals surface area contributed by atoms with Crippen LogP contribution in [0.4, 0.5) is 4.39 Å². The van der Waals surface area contributed by atoms with Crippen LogP contribution in [0, 0.1) is 15.3 Å². The summed E-state index contributed by atoms with van der Waals surface area (Å²) in [5, 5.41) is 3.36. The van der Waals surface area contributed by atoms with Crippen molar-refractivity contribution in [3.05, 3.63) is 33.1 Å². The Balaban J connectivity index is 2.27. The molecule has 106 valence electrons. The molecular weight excluding hydrogens is 354 g/mol. The van der Waals surface area contributed by atoms with E-state index in [0.29, 0.717) is 5.92 Å². The minimum absolute atomic E-state index is 0.0652. The van der Waals surface area contributed by atoms with Gasteiger partial charge in [-0.25, -0.2) is 4.39 Å². The first-order valence-corrected chi connectivity index (χ1v) is 8.05. The van der Waals surface area contributed by atoms with E-state index in [9.17, 15) is 4.39 Å². The quantitative estimate of drug-likeness (QED) is 0.811. The van der Waals surface area contributed by atoms with Crippen molar-refractivity contribution in [3.8, 4) is 0 Å². The lowest BCUT2D eigenvalue weighted by Gasteiger charge is -2.36. The van der Waals surface area contributed by atoms with Crippen molar-refractivity contribution in [2.45, 2.75) is 26.3 Å². The van der Waals surface area contributed by atoms with Gasteiger partial charge in [-0.2, -0.15) is 0 Å². The molecular formula is C15H22FIN2. The van der Waals surface area contributed by atoms with Gasteiger partial charge in [0.05, 0.1) is 0 Å². The van der Waals surface area contributed by atoms with Crippen LogP contribution in [0.3, 0.4) is 0 Å². The molecule has 2 rings (SSSR count). The third-order valence-electron chi connectivity index (χ3n) is 3.60. The Morgan fingerprint density at radius 2 is 2.00 bits per heavy atom. The SMILES string of the molecule is CC(C)C[C@H](c1cc(I)ccc1F)N1CCNCC1. The first-order valence-electron chi connectivity index (χ1n) is 6.97. The summed E-state index contributed by atoms with van der Waals surface area (Å²) in [5.74, 6) is 0.502. The number of halogens is 2. The number of rotatable bonds is 4. The average Bonchev–Trinajstić information content (AvgIpc) is 2.40. The Morgan fingerprint density at radius 3 is 2.63 bits per heavy atom. The van der Waals surface area contributed by atoms with Gasteiger partial charge in [0.2, 0.25) is 0 Å². The molecule has 1 aliphatic rings. The lowest BCUT2D eigenvalue weighted by molar-refractivity contribution is 0.151. The van der Waals surface area contributed by atoms with Gasteiger partial charge in [-0.05, 0) is 53.1 Å². The fourth-order valence-corrected chi connectivity index (χ4v) is 3.20. The van der Waals surface area contributed by atoms with Crippen LogP contribution < -0.4 is 5.32 Å². The monoisotopic (exact) mass is 376 g/mol. The highest BCUT2D eigenvalue weighted by Gasteiger charge is 2.25. The third kappa shape index (κ3) is 4.13. The second-order valence-electron chi connectivity index (χ2n) is 5.60. The highest BCUT2D eigenvalue weighted by Crippen LogP contribution is 2.30. The maximum Gasteiger partial charge on any atom is 0.128 e. The van der Waals surface area contributed by atoms with E-state index < -0.39 is 0 Å². The van der Waals surface area contributed by atoms with Crippen molar-refractivity contribution in [2.75, 3.05) is 26.2 Å². The highest BCUT2D eigenvalue weighted by molar-refractivity contribution is 14.1. The van der Waals surface area contributed by atoms with Crippen molar-refractivity contribution in [3.63, 3.8) is 0 Å². The van der Waals surface area contributed by atoms with Gasteiger partial charge in [-0.1, -0.05) is 13.8 Å². The van der Waals surface area contributed by atoms with Crippen molar-refractivity contribution < 1.29 is 4.39 Å². The standard InChI is InChI=1S/C15H22FIN2/c1-11(2)9-15(19-7-5-18-6-8-19)13-10-12(17)3-4-14(13)16/h3-4,10-11,15,18H,5-9H2,1-2H3/t15-/m1/s1. The lowest BCUT2D eigenvalue weighted by Crippen LogP contribution is -2.45. The molecule has 1 saturated heterocycles. The van der Waals surface area contributed by atoms with Crippen molar-refractivity contribution >= 4 is 22.6 Å². The Kier molecular flexibility index (Phi) is 5.59. The summed E-state index contributed by atoms with van der Waals surface area (Å²) in [6.07, 6.45) is 1.01. The number of hydrogen-bond donors (Lipinski definition) is 1. The van der Waals surface area contributed by atoms with E-state index in [4.69, 9.17) is 0 Å². The highest BCUT2D eigenvalue weighted by atomic mass is 127. The fourth-order valence-electron chi connectivity index (χ4n) is 2.68. The predicted octanol–water partition coefficient (Wildman–Crippen LogP) is 3.42. The molecule has 0 aliphatic carbocycles. The van der Waals surface area contributed by atoms with Gasteiger partial charge >= 0.3 is 0 Å². The van der Waals surface area contributed by atoms with Crippen molar-refractivity contribution in [2.24, 2.45) is 5.92 Å². The summed E-state index contributed by atoms with van der Waals surface area (Å²) in [6, 6.07) is 5.65. The molecule has 1 aromatic carbocycles. The summed E-state index contributed by atoms with van der Waals surface area (Å²) in [5.41, 5.74) is 0.863. The zero-order chi connectivity index (χ0) is 13.8. The van der Waals surface area contributed by atoms with Crippen LogP contribution >= 0.6 is 22.6 Å². The Morgan fingerprint density at radius 1 is 1.32 bits per heavy atom. The zero-order valence-corrected chi connectivity index (χ0v) is 13.8. The Labute approximate surface area is 128 Å².